The first-order chi connectivity index (χ1) is 13.2. The lowest BCUT2D eigenvalue weighted by Crippen LogP contribution is -2.47. The number of carbonyl (C=O) groups is 1. The van der Waals surface area contributed by atoms with E-state index < -0.39 is 0 Å². The first kappa shape index (κ1) is 25.4. The van der Waals surface area contributed by atoms with Crippen molar-refractivity contribution in [2.75, 3.05) is 47.9 Å². The second kappa shape index (κ2) is 12.8. The molecule has 0 bridgehead atoms. The van der Waals surface area contributed by atoms with Crippen molar-refractivity contribution in [1.82, 2.24) is 15.1 Å². The van der Waals surface area contributed by atoms with Gasteiger partial charge in [0.05, 0.1) is 17.6 Å². The summed E-state index contributed by atoms with van der Waals surface area (Å²) in [4.78, 5) is 16.8. The molecule has 5 nitrogen and oxygen atoms in total. The minimum Gasteiger partial charge on any atom is -0.496 e. The van der Waals surface area contributed by atoms with Gasteiger partial charge in [0.1, 0.15) is 5.75 Å². The number of likely N-dealkylation sites (N-methyl/N-ethyl adjacent to an activating group) is 2. The van der Waals surface area contributed by atoms with E-state index in [4.69, 9.17) is 4.74 Å². The van der Waals surface area contributed by atoms with Crippen molar-refractivity contribution >= 4 is 37.8 Å². The third kappa shape index (κ3) is 8.01. The van der Waals surface area contributed by atoms with Crippen LogP contribution in [0.5, 0.6) is 5.75 Å². The highest BCUT2D eigenvalue weighted by Crippen LogP contribution is 2.31. The maximum absolute atomic E-state index is 12.5. The lowest BCUT2D eigenvalue weighted by atomic mass is 9.97. The quantitative estimate of drug-likeness (QED) is 0.420. The van der Waals surface area contributed by atoms with Crippen LogP contribution in [-0.2, 0) is 11.2 Å². The van der Waals surface area contributed by atoms with Gasteiger partial charge in [0.2, 0.25) is 5.91 Å². The fourth-order valence-corrected chi connectivity index (χ4v) is 4.59. The van der Waals surface area contributed by atoms with Crippen molar-refractivity contribution in [3.05, 3.63) is 26.6 Å². The standard InChI is InChI=1S/C21H35Br2N3O2/c1-7-15(2)20(25(3)4)21(27)24-10-8-11-26(5)12-9-16-13-19(28-6)18(23)14-17(16)22/h13-15,20H,7-12H2,1-6H3,(H,24,27). The Morgan fingerprint density at radius 1 is 1.18 bits per heavy atom. The molecule has 0 spiro atoms. The number of amides is 1. The van der Waals surface area contributed by atoms with Crippen LogP contribution >= 0.6 is 31.9 Å². The predicted molar refractivity (Wildman–Crippen MR) is 124 cm³/mol. The third-order valence-corrected chi connectivity index (χ3v) is 6.47. The zero-order chi connectivity index (χ0) is 21.3. The molecule has 0 radical (unpaired) electrons. The molecule has 7 heteroatoms. The first-order valence-electron chi connectivity index (χ1n) is 9.85. The van der Waals surface area contributed by atoms with Gasteiger partial charge in [0.15, 0.2) is 0 Å². The maximum atomic E-state index is 12.5. The lowest BCUT2D eigenvalue weighted by molar-refractivity contribution is -0.127. The molecule has 0 aromatic heterocycles. The summed E-state index contributed by atoms with van der Waals surface area (Å²) in [6.07, 6.45) is 2.87. The topological polar surface area (TPSA) is 44.8 Å². The van der Waals surface area contributed by atoms with E-state index in [-0.39, 0.29) is 11.9 Å². The van der Waals surface area contributed by atoms with Gasteiger partial charge in [-0.25, -0.2) is 0 Å². The van der Waals surface area contributed by atoms with Gasteiger partial charge >= 0.3 is 0 Å². The zero-order valence-corrected chi connectivity index (χ0v) is 21.2. The summed E-state index contributed by atoms with van der Waals surface area (Å²) < 4.78 is 7.42. The monoisotopic (exact) mass is 519 g/mol. The SMILES string of the molecule is CCC(C)C(C(=O)NCCCN(C)CCc1cc(OC)c(Br)cc1Br)N(C)C. The Hall–Kier alpha value is -0.630. The molecule has 28 heavy (non-hydrogen) atoms. The fourth-order valence-electron chi connectivity index (χ4n) is 3.23. The number of methoxy groups -OCH3 is 1. The minimum absolute atomic E-state index is 0.0625. The molecule has 2 unspecified atom stereocenters. The fraction of sp³-hybridized carbons (Fsp3) is 0.667. The molecule has 0 saturated carbocycles. The summed E-state index contributed by atoms with van der Waals surface area (Å²) in [5, 5.41) is 3.10. The number of rotatable bonds is 12. The van der Waals surface area contributed by atoms with Gasteiger partial charge in [-0.1, -0.05) is 36.2 Å². The predicted octanol–water partition coefficient (Wildman–Crippen LogP) is 4.18. The number of ether oxygens (including phenoxy) is 1. The van der Waals surface area contributed by atoms with Crippen LogP contribution in [0, 0.1) is 5.92 Å². The molecule has 0 aliphatic heterocycles. The van der Waals surface area contributed by atoms with E-state index in [9.17, 15) is 4.79 Å². The van der Waals surface area contributed by atoms with Gasteiger partial charge < -0.3 is 15.0 Å². The second-order valence-electron chi connectivity index (χ2n) is 7.57. The number of carbonyl (C=O) groups excluding carboxylic acids is 1. The van der Waals surface area contributed by atoms with E-state index in [1.54, 1.807) is 7.11 Å². The lowest BCUT2D eigenvalue weighted by Gasteiger charge is -2.28. The Morgan fingerprint density at radius 2 is 1.86 bits per heavy atom. The molecule has 2 atom stereocenters. The van der Waals surface area contributed by atoms with Crippen LogP contribution in [0.4, 0.5) is 0 Å². The summed E-state index contributed by atoms with van der Waals surface area (Å²) in [6.45, 7) is 6.86. The van der Waals surface area contributed by atoms with Crippen molar-refractivity contribution in [3.63, 3.8) is 0 Å². The van der Waals surface area contributed by atoms with Crippen molar-refractivity contribution in [2.24, 2.45) is 5.92 Å². The number of nitrogens with one attached hydrogen (secondary N) is 1. The number of hydrogen-bond donors (Lipinski definition) is 1. The van der Waals surface area contributed by atoms with Crippen molar-refractivity contribution in [1.29, 1.82) is 0 Å². The van der Waals surface area contributed by atoms with Crippen LogP contribution in [-0.4, -0.2) is 69.6 Å². The molecular weight excluding hydrogens is 486 g/mol. The average molecular weight is 521 g/mol. The second-order valence-corrected chi connectivity index (χ2v) is 9.28. The number of halogens is 2. The number of benzene rings is 1. The van der Waals surface area contributed by atoms with Gasteiger partial charge in [-0.3, -0.25) is 9.69 Å². The number of nitrogens with zero attached hydrogens (tertiary/aromatic N) is 2. The van der Waals surface area contributed by atoms with Gasteiger partial charge in [-0.05, 0) is 80.1 Å². The zero-order valence-electron chi connectivity index (χ0n) is 18.0. The molecule has 0 saturated heterocycles. The van der Waals surface area contributed by atoms with Crippen LogP contribution in [0.3, 0.4) is 0 Å². The summed E-state index contributed by atoms with van der Waals surface area (Å²) in [5.41, 5.74) is 1.22. The maximum Gasteiger partial charge on any atom is 0.237 e. The normalized spacial score (nSPS) is 13.6. The summed E-state index contributed by atoms with van der Waals surface area (Å²) in [5.74, 6) is 1.33. The van der Waals surface area contributed by atoms with E-state index in [2.05, 4.69) is 69.0 Å². The Morgan fingerprint density at radius 3 is 2.43 bits per heavy atom. The van der Waals surface area contributed by atoms with E-state index in [1.165, 1.54) is 5.56 Å². The van der Waals surface area contributed by atoms with Crippen molar-refractivity contribution in [2.45, 2.75) is 39.2 Å². The van der Waals surface area contributed by atoms with Gasteiger partial charge in [0.25, 0.3) is 0 Å². The van der Waals surface area contributed by atoms with Crippen LogP contribution in [0.25, 0.3) is 0 Å². The highest BCUT2D eigenvalue weighted by molar-refractivity contribution is 9.11. The summed E-state index contributed by atoms with van der Waals surface area (Å²) >= 11 is 7.13. The summed E-state index contributed by atoms with van der Waals surface area (Å²) in [7, 11) is 7.74. The van der Waals surface area contributed by atoms with E-state index in [1.807, 2.05) is 25.1 Å². The van der Waals surface area contributed by atoms with E-state index in [0.29, 0.717) is 12.5 Å². The van der Waals surface area contributed by atoms with Gasteiger partial charge in [-0.15, -0.1) is 0 Å². The van der Waals surface area contributed by atoms with Gasteiger partial charge in [0, 0.05) is 17.6 Å². The molecule has 0 fully saturated rings. The highest BCUT2D eigenvalue weighted by atomic mass is 79.9. The number of hydrogen-bond acceptors (Lipinski definition) is 4. The van der Waals surface area contributed by atoms with Crippen LogP contribution in [0.1, 0.15) is 32.3 Å². The molecule has 0 heterocycles. The molecule has 1 rings (SSSR count). The summed E-state index contributed by atoms with van der Waals surface area (Å²) in [6, 6.07) is 4.04. The molecule has 0 aliphatic rings. The Balaban J connectivity index is 2.40. The van der Waals surface area contributed by atoms with Gasteiger partial charge in [-0.2, -0.15) is 0 Å². The highest BCUT2D eigenvalue weighted by Gasteiger charge is 2.25. The first-order valence-corrected chi connectivity index (χ1v) is 11.4. The molecule has 1 aromatic carbocycles. The Labute approximate surface area is 187 Å². The van der Waals surface area contributed by atoms with Crippen molar-refractivity contribution in [3.8, 4) is 5.75 Å². The Kier molecular flexibility index (Phi) is 11.6. The average Bonchev–Trinajstić information content (AvgIpc) is 2.64. The van der Waals surface area contributed by atoms with Crippen molar-refractivity contribution < 1.29 is 9.53 Å². The molecule has 0 aliphatic carbocycles. The molecule has 1 amide bonds. The molecule has 1 aromatic rings. The van der Waals surface area contributed by atoms with E-state index in [0.717, 1.165) is 47.0 Å². The van der Waals surface area contributed by atoms with Crippen LogP contribution < -0.4 is 10.1 Å². The van der Waals surface area contributed by atoms with Crippen LogP contribution in [0.15, 0.2) is 21.1 Å². The van der Waals surface area contributed by atoms with Crippen LogP contribution in [0.2, 0.25) is 0 Å². The molecular formula is C21H35Br2N3O2. The smallest absolute Gasteiger partial charge is 0.237 e. The molecule has 160 valence electrons. The minimum atomic E-state index is -0.0625. The Bertz CT molecular complexity index is 626. The third-order valence-electron chi connectivity index (χ3n) is 5.11. The van der Waals surface area contributed by atoms with E-state index >= 15 is 0 Å². The molecule has 1 N–H and O–H groups in total. The largest absolute Gasteiger partial charge is 0.496 e.